The average Bonchev–Trinajstić information content (AvgIpc) is 2.46. The quantitative estimate of drug-likeness (QED) is 0.399. The van der Waals surface area contributed by atoms with Crippen molar-refractivity contribution < 1.29 is 4.79 Å². The van der Waals surface area contributed by atoms with Crippen molar-refractivity contribution in [2.24, 2.45) is 5.84 Å². The van der Waals surface area contributed by atoms with Crippen molar-refractivity contribution in [3.8, 4) is 0 Å². The number of carbonyl (C=O) groups is 1. The van der Waals surface area contributed by atoms with E-state index in [2.05, 4.69) is 21.9 Å². The minimum absolute atomic E-state index is 0.308. The number of carbonyl (C=O) groups excluding carboxylic acids is 1. The Balaban J connectivity index is 2.18. The van der Waals surface area contributed by atoms with Crippen LogP contribution >= 0.6 is 0 Å². The van der Waals surface area contributed by atoms with Gasteiger partial charge in [0.2, 0.25) is 0 Å². The van der Waals surface area contributed by atoms with Crippen LogP contribution in [0.25, 0.3) is 0 Å². The van der Waals surface area contributed by atoms with Crippen LogP contribution in [-0.4, -0.2) is 53.8 Å². The van der Waals surface area contributed by atoms with Crippen molar-refractivity contribution >= 4 is 11.6 Å². The second-order valence-electron chi connectivity index (χ2n) is 4.97. The molecule has 1 aromatic heterocycles. The summed E-state index contributed by atoms with van der Waals surface area (Å²) in [5.41, 5.74) is 2.50. The molecule has 0 bridgehead atoms. The van der Waals surface area contributed by atoms with Crippen LogP contribution in [0.15, 0.2) is 17.1 Å². The zero-order valence-electron chi connectivity index (χ0n) is 11.7. The van der Waals surface area contributed by atoms with Gasteiger partial charge in [-0.2, -0.15) is 5.10 Å². The standard InChI is InChI=1S/C12H20N6O2/c1-9(12(20)15-13)18-11(19)7-10(8-14-18)17-5-3-16(2)4-6-17/h7-9H,3-6,13H2,1-2H3,(H,15,20). The number of likely N-dealkylation sites (N-methyl/N-ethyl adjacent to an activating group) is 1. The number of amides is 1. The molecule has 20 heavy (non-hydrogen) atoms. The van der Waals surface area contributed by atoms with E-state index in [1.165, 1.54) is 6.07 Å². The Bertz CT molecular complexity index is 535. The van der Waals surface area contributed by atoms with Crippen LogP contribution < -0.4 is 21.7 Å². The summed E-state index contributed by atoms with van der Waals surface area (Å²) in [4.78, 5) is 27.8. The van der Waals surface area contributed by atoms with Crippen molar-refractivity contribution in [2.45, 2.75) is 13.0 Å². The first-order valence-corrected chi connectivity index (χ1v) is 6.55. The molecule has 1 aromatic rings. The third kappa shape index (κ3) is 2.97. The summed E-state index contributed by atoms with van der Waals surface area (Å²) in [6, 6.07) is 0.785. The van der Waals surface area contributed by atoms with Crippen LogP contribution in [0, 0.1) is 0 Å². The molecule has 8 heteroatoms. The number of hydrazine groups is 1. The van der Waals surface area contributed by atoms with Crippen molar-refractivity contribution in [1.82, 2.24) is 20.1 Å². The smallest absolute Gasteiger partial charge is 0.269 e. The Morgan fingerprint density at radius 2 is 2.05 bits per heavy atom. The third-order valence-electron chi connectivity index (χ3n) is 3.57. The van der Waals surface area contributed by atoms with Crippen LogP contribution in [0.5, 0.6) is 0 Å². The van der Waals surface area contributed by atoms with Gasteiger partial charge < -0.3 is 9.80 Å². The van der Waals surface area contributed by atoms with Crippen LogP contribution in [0.2, 0.25) is 0 Å². The lowest BCUT2D eigenvalue weighted by molar-refractivity contribution is -0.124. The van der Waals surface area contributed by atoms with Gasteiger partial charge in [-0.25, -0.2) is 10.5 Å². The highest BCUT2D eigenvalue weighted by Crippen LogP contribution is 2.13. The van der Waals surface area contributed by atoms with Gasteiger partial charge in [0.05, 0.1) is 11.9 Å². The van der Waals surface area contributed by atoms with Gasteiger partial charge in [-0.15, -0.1) is 0 Å². The van der Waals surface area contributed by atoms with E-state index in [1.807, 2.05) is 5.43 Å². The molecule has 2 heterocycles. The second kappa shape index (κ2) is 6.02. The van der Waals surface area contributed by atoms with Gasteiger partial charge in [0.15, 0.2) is 0 Å². The monoisotopic (exact) mass is 280 g/mol. The Kier molecular flexibility index (Phi) is 4.35. The highest BCUT2D eigenvalue weighted by atomic mass is 16.2. The molecule has 1 atom stereocenters. The van der Waals surface area contributed by atoms with Crippen molar-refractivity contribution in [3.63, 3.8) is 0 Å². The second-order valence-corrected chi connectivity index (χ2v) is 4.97. The van der Waals surface area contributed by atoms with E-state index in [4.69, 9.17) is 5.84 Å². The summed E-state index contributed by atoms with van der Waals surface area (Å²) < 4.78 is 1.13. The number of nitrogens with two attached hydrogens (primary N) is 1. The van der Waals surface area contributed by atoms with Crippen LogP contribution in [0.3, 0.4) is 0 Å². The molecule has 0 aliphatic carbocycles. The number of hydrogen-bond acceptors (Lipinski definition) is 6. The van der Waals surface area contributed by atoms with Gasteiger partial charge in [0, 0.05) is 32.2 Å². The number of rotatable bonds is 3. The molecule has 3 N–H and O–H groups in total. The summed E-state index contributed by atoms with van der Waals surface area (Å²) in [7, 11) is 2.07. The molecule has 110 valence electrons. The molecular weight excluding hydrogens is 260 g/mol. The van der Waals surface area contributed by atoms with Gasteiger partial charge in [0.1, 0.15) is 6.04 Å². The topological polar surface area (TPSA) is 96.5 Å². The minimum atomic E-state index is -0.728. The zero-order chi connectivity index (χ0) is 14.7. The molecule has 0 saturated carbocycles. The molecule has 1 amide bonds. The van der Waals surface area contributed by atoms with Crippen LogP contribution in [0.1, 0.15) is 13.0 Å². The molecule has 0 aromatic carbocycles. The summed E-state index contributed by atoms with van der Waals surface area (Å²) in [5.74, 6) is 4.61. The number of hydrogen-bond donors (Lipinski definition) is 2. The SMILES string of the molecule is CC(C(=O)NN)n1ncc(N2CCN(C)CC2)cc1=O. The highest BCUT2D eigenvalue weighted by Gasteiger charge is 2.19. The summed E-state index contributed by atoms with van der Waals surface area (Å²) >= 11 is 0. The maximum atomic E-state index is 12.1. The van der Waals surface area contributed by atoms with E-state index >= 15 is 0 Å². The van der Waals surface area contributed by atoms with E-state index in [-0.39, 0.29) is 5.56 Å². The first kappa shape index (κ1) is 14.5. The lowest BCUT2D eigenvalue weighted by Gasteiger charge is -2.33. The summed E-state index contributed by atoms with van der Waals surface area (Å²) in [6.07, 6.45) is 1.62. The Labute approximate surface area is 117 Å². The van der Waals surface area contributed by atoms with E-state index in [0.29, 0.717) is 0 Å². The first-order valence-electron chi connectivity index (χ1n) is 6.55. The highest BCUT2D eigenvalue weighted by molar-refractivity contribution is 5.79. The summed E-state index contributed by atoms with van der Waals surface area (Å²) in [5, 5.41) is 4.07. The zero-order valence-corrected chi connectivity index (χ0v) is 11.7. The van der Waals surface area contributed by atoms with Crippen molar-refractivity contribution in [2.75, 3.05) is 38.1 Å². The number of nitrogens with one attached hydrogen (secondary N) is 1. The predicted molar refractivity (Wildman–Crippen MR) is 75.2 cm³/mol. The minimum Gasteiger partial charge on any atom is -0.368 e. The Hall–Kier alpha value is -1.93. The number of aromatic nitrogens is 2. The van der Waals surface area contributed by atoms with Gasteiger partial charge in [-0.1, -0.05) is 0 Å². The first-order chi connectivity index (χ1) is 9.52. The molecule has 0 radical (unpaired) electrons. The maximum Gasteiger partial charge on any atom is 0.269 e. The molecule has 1 saturated heterocycles. The van der Waals surface area contributed by atoms with E-state index in [1.54, 1.807) is 13.1 Å². The van der Waals surface area contributed by atoms with Gasteiger partial charge >= 0.3 is 0 Å². The third-order valence-corrected chi connectivity index (χ3v) is 3.57. The fourth-order valence-corrected chi connectivity index (χ4v) is 2.17. The normalized spacial score (nSPS) is 17.9. The van der Waals surface area contributed by atoms with Gasteiger partial charge in [-0.3, -0.25) is 15.0 Å². The van der Waals surface area contributed by atoms with E-state index in [9.17, 15) is 9.59 Å². The fraction of sp³-hybridized carbons (Fsp3) is 0.583. The molecule has 2 rings (SSSR count). The largest absolute Gasteiger partial charge is 0.368 e. The molecule has 0 spiro atoms. The number of piperazine rings is 1. The predicted octanol–water partition coefficient (Wildman–Crippen LogP) is -1.45. The fourth-order valence-electron chi connectivity index (χ4n) is 2.17. The molecule has 1 aliphatic rings. The number of anilines is 1. The van der Waals surface area contributed by atoms with Gasteiger partial charge in [-0.05, 0) is 14.0 Å². The maximum absolute atomic E-state index is 12.1. The average molecular weight is 280 g/mol. The molecule has 1 aliphatic heterocycles. The Morgan fingerprint density at radius 3 is 2.60 bits per heavy atom. The number of nitrogens with zero attached hydrogens (tertiary/aromatic N) is 4. The van der Waals surface area contributed by atoms with Crippen LogP contribution in [-0.2, 0) is 4.79 Å². The van der Waals surface area contributed by atoms with Crippen molar-refractivity contribution in [3.05, 3.63) is 22.6 Å². The summed E-state index contributed by atoms with van der Waals surface area (Å²) in [6.45, 7) is 5.21. The van der Waals surface area contributed by atoms with E-state index < -0.39 is 11.9 Å². The van der Waals surface area contributed by atoms with E-state index in [0.717, 1.165) is 36.5 Å². The lowest BCUT2D eigenvalue weighted by Crippen LogP contribution is -2.45. The molecular formula is C12H20N6O2. The molecule has 1 unspecified atom stereocenters. The molecule has 1 fully saturated rings. The van der Waals surface area contributed by atoms with Gasteiger partial charge in [0.25, 0.3) is 11.5 Å². The molecule has 8 nitrogen and oxygen atoms in total. The van der Waals surface area contributed by atoms with Crippen LogP contribution in [0.4, 0.5) is 5.69 Å². The lowest BCUT2D eigenvalue weighted by atomic mass is 10.3. The Morgan fingerprint density at radius 1 is 1.40 bits per heavy atom. The van der Waals surface area contributed by atoms with Crippen molar-refractivity contribution in [1.29, 1.82) is 0 Å².